The van der Waals surface area contributed by atoms with Crippen molar-refractivity contribution in [1.82, 2.24) is 10.2 Å². The molecule has 1 N–H and O–H groups in total. The third-order valence-electron chi connectivity index (χ3n) is 6.26. The fourth-order valence-corrected chi connectivity index (χ4v) is 4.22. The molecule has 2 heterocycles. The number of hydrogen-bond acceptors (Lipinski definition) is 6. The van der Waals surface area contributed by atoms with E-state index in [1.54, 1.807) is 0 Å². The lowest BCUT2D eigenvalue weighted by atomic mass is 9.98. The molecule has 4 rings (SSSR count). The average Bonchev–Trinajstić information content (AvgIpc) is 2.81. The van der Waals surface area contributed by atoms with Crippen molar-refractivity contribution in [3.63, 3.8) is 0 Å². The summed E-state index contributed by atoms with van der Waals surface area (Å²) in [5, 5.41) is 14.0. The predicted octanol–water partition coefficient (Wildman–Crippen LogP) is 2.87. The molecular weight excluding hydrogens is 424 g/mol. The van der Waals surface area contributed by atoms with Crippen molar-refractivity contribution >= 4 is 23.2 Å². The first kappa shape index (κ1) is 22.7. The number of anilines is 1. The minimum atomic E-state index is -0.544. The van der Waals surface area contributed by atoms with Gasteiger partial charge in [0.25, 0.3) is 11.6 Å². The number of nitro groups is 1. The highest BCUT2D eigenvalue weighted by atomic mass is 16.6. The molecule has 1 saturated heterocycles. The van der Waals surface area contributed by atoms with Crippen LogP contribution in [0.5, 0.6) is 5.75 Å². The Labute approximate surface area is 192 Å². The quantitative estimate of drug-likeness (QED) is 0.512. The smallest absolute Gasteiger partial charge is 0.271 e. The third kappa shape index (κ3) is 5.48. The van der Waals surface area contributed by atoms with Crippen molar-refractivity contribution in [3.8, 4) is 5.75 Å². The molecule has 0 atom stereocenters. The third-order valence-corrected chi connectivity index (χ3v) is 6.26. The standard InChI is InChI=1S/C24H28N4O5/c1-17-8-10-26(11-9-17)14-19-5-3-2-4-18(19)13-25-23(29)15-27-21-12-20(28(31)32)6-7-22(21)33-16-24(27)30/h2-7,12,17H,8-11,13-16H2,1H3,(H,25,29). The summed E-state index contributed by atoms with van der Waals surface area (Å²) < 4.78 is 5.36. The van der Waals surface area contributed by atoms with E-state index in [9.17, 15) is 19.7 Å². The summed E-state index contributed by atoms with van der Waals surface area (Å²) in [6, 6.07) is 12.1. The van der Waals surface area contributed by atoms with Crippen LogP contribution in [0.4, 0.5) is 11.4 Å². The van der Waals surface area contributed by atoms with Crippen LogP contribution >= 0.6 is 0 Å². The van der Waals surface area contributed by atoms with Crippen molar-refractivity contribution in [2.75, 3.05) is 31.1 Å². The van der Waals surface area contributed by atoms with Crippen LogP contribution in [0.1, 0.15) is 30.9 Å². The Hall–Kier alpha value is -3.46. The minimum absolute atomic E-state index is 0.168. The summed E-state index contributed by atoms with van der Waals surface area (Å²) in [6.45, 7) is 5.19. The van der Waals surface area contributed by atoms with Gasteiger partial charge in [0.05, 0.1) is 10.6 Å². The fraction of sp³-hybridized carbons (Fsp3) is 0.417. The number of piperidine rings is 1. The number of nitrogens with one attached hydrogen (secondary N) is 1. The number of hydrogen-bond donors (Lipinski definition) is 1. The zero-order valence-corrected chi connectivity index (χ0v) is 18.7. The average molecular weight is 453 g/mol. The second-order valence-corrected chi connectivity index (χ2v) is 8.68. The van der Waals surface area contributed by atoms with Crippen LogP contribution in [0.15, 0.2) is 42.5 Å². The number of benzene rings is 2. The van der Waals surface area contributed by atoms with Crippen molar-refractivity contribution < 1.29 is 19.2 Å². The molecule has 0 unspecified atom stereocenters. The molecule has 9 nitrogen and oxygen atoms in total. The summed E-state index contributed by atoms with van der Waals surface area (Å²) in [7, 11) is 0. The number of nitro benzene ring substituents is 1. The van der Waals surface area contributed by atoms with Gasteiger partial charge < -0.3 is 10.1 Å². The first-order chi connectivity index (χ1) is 15.9. The summed E-state index contributed by atoms with van der Waals surface area (Å²) in [5.41, 5.74) is 2.28. The van der Waals surface area contributed by atoms with Gasteiger partial charge in [0.1, 0.15) is 12.3 Å². The van der Waals surface area contributed by atoms with Crippen molar-refractivity contribution in [2.45, 2.75) is 32.9 Å². The van der Waals surface area contributed by atoms with E-state index in [-0.39, 0.29) is 30.4 Å². The second kappa shape index (κ2) is 9.99. The molecule has 33 heavy (non-hydrogen) atoms. The largest absolute Gasteiger partial charge is 0.482 e. The van der Waals surface area contributed by atoms with Gasteiger partial charge in [-0.3, -0.25) is 29.5 Å². The maximum Gasteiger partial charge on any atom is 0.271 e. The molecule has 2 aliphatic rings. The molecule has 0 radical (unpaired) electrons. The van der Waals surface area contributed by atoms with Crippen LogP contribution in [0.2, 0.25) is 0 Å². The maximum absolute atomic E-state index is 12.7. The Morgan fingerprint density at radius 1 is 1.18 bits per heavy atom. The highest BCUT2D eigenvalue weighted by Crippen LogP contribution is 2.35. The number of nitrogens with zero attached hydrogens (tertiary/aromatic N) is 3. The summed E-state index contributed by atoms with van der Waals surface area (Å²) in [4.78, 5) is 39.4. The van der Waals surface area contributed by atoms with Gasteiger partial charge >= 0.3 is 0 Å². The van der Waals surface area contributed by atoms with E-state index >= 15 is 0 Å². The SMILES string of the molecule is CC1CCN(Cc2ccccc2CNC(=O)CN2C(=O)COc3ccc([N+](=O)[O-])cc32)CC1. The molecule has 0 saturated carbocycles. The molecule has 0 spiro atoms. The number of carbonyl (C=O) groups is 2. The predicted molar refractivity (Wildman–Crippen MR) is 123 cm³/mol. The van der Waals surface area contributed by atoms with E-state index in [0.717, 1.165) is 31.1 Å². The van der Waals surface area contributed by atoms with E-state index in [1.807, 2.05) is 18.2 Å². The lowest BCUT2D eigenvalue weighted by Crippen LogP contribution is -2.45. The second-order valence-electron chi connectivity index (χ2n) is 8.68. The van der Waals surface area contributed by atoms with Crippen molar-refractivity contribution in [2.24, 2.45) is 5.92 Å². The van der Waals surface area contributed by atoms with Gasteiger partial charge in [-0.15, -0.1) is 0 Å². The first-order valence-corrected chi connectivity index (χ1v) is 11.2. The highest BCUT2D eigenvalue weighted by molar-refractivity contribution is 6.02. The Morgan fingerprint density at radius 3 is 2.64 bits per heavy atom. The molecule has 2 aromatic carbocycles. The van der Waals surface area contributed by atoms with E-state index in [2.05, 4.69) is 23.2 Å². The van der Waals surface area contributed by atoms with Gasteiger partial charge in [0.2, 0.25) is 5.91 Å². The van der Waals surface area contributed by atoms with Gasteiger partial charge in [-0.2, -0.15) is 0 Å². The van der Waals surface area contributed by atoms with Crippen LogP contribution in [-0.4, -0.2) is 47.9 Å². The van der Waals surface area contributed by atoms with Gasteiger partial charge in [-0.25, -0.2) is 0 Å². The summed E-state index contributed by atoms with van der Waals surface area (Å²) in [5.74, 6) is 0.349. The lowest BCUT2D eigenvalue weighted by Gasteiger charge is -2.31. The number of non-ortho nitro benzene ring substituents is 1. The number of rotatable bonds is 7. The van der Waals surface area contributed by atoms with Crippen molar-refractivity contribution in [3.05, 3.63) is 63.7 Å². The summed E-state index contributed by atoms with van der Waals surface area (Å²) in [6.07, 6.45) is 2.40. The van der Waals surface area contributed by atoms with Crippen LogP contribution in [-0.2, 0) is 22.7 Å². The summed E-state index contributed by atoms with van der Waals surface area (Å²) >= 11 is 0. The number of fused-ring (bicyclic) bond motifs is 1. The van der Waals surface area contributed by atoms with Gasteiger partial charge in [-0.05, 0) is 49.0 Å². The molecule has 0 bridgehead atoms. The normalized spacial score (nSPS) is 16.8. The highest BCUT2D eigenvalue weighted by Gasteiger charge is 2.29. The number of ether oxygens (including phenoxy) is 1. The zero-order chi connectivity index (χ0) is 23.4. The van der Waals surface area contributed by atoms with Crippen LogP contribution < -0.4 is 15.0 Å². The molecule has 0 aromatic heterocycles. The van der Waals surface area contributed by atoms with E-state index < -0.39 is 10.8 Å². The van der Waals surface area contributed by atoms with Gasteiger partial charge in [0.15, 0.2) is 6.61 Å². The first-order valence-electron chi connectivity index (χ1n) is 11.2. The van der Waals surface area contributed by atoms with E-state index in [0.29, 0.717) is 12.3 Å². The Bertz CT molecular complexity index is 1050. The zero-order valence-electron chi connectivity index (χ0n) is 18.7. The van der Waals surface area contributed by atoms with E-state index in [4.69, 9.17) is 4.74 Å². The molecule has 9 heteroatoms. The van der Waals surface area contributed by atoms with E-state index in [1.165, 1.54) is 41.5 Å². The lowest BCUT2D eigenvalue weighted by molar-refractivity contribution is -0.384. The Balaban J connectivity index is 1.40. The molecule has 0 aliphatic carbocycles. The molecule has 1 fully saturated rings. The number of likely N-dealkylation sites (tertiary alicyclic amines) is 1. The van der Waals surface area contributed by atoms with Crippen LogP contribution in [0, 0.1) is 16.0 Å². The van der Waals surface area contributed by atoms with Gasteiger partial charge in [-0.1, -0.05) is 31.2 Å². The topological polar surface area (TPSA) is 105 Å². The van der Waals surface area contributed by atoms with Gasteiger partial charge in [0, 0.05) is 25.2 Å². The molecule has 2 aliphatic heterocycles. The Morgan fingerprint density at radius 2 is 1.91 bits per heavy atom. The fourth-order valence-electron chi connectivity index (χ4n) is 4.22. The molecule has 174 valence electrons. The monoisotopic (exact) mass is 452 g/mol. The molecule has 2 amide bonds. The number of carbonyl (C=O) groups excluding carboxylic acids is 2. The van der Waals surface area contributed by atoms with Crippen LogP contribution in [0.25, 0.3) is 0 Å². The van der Waals surface area contributed by atoms with Crippen molar-refractivity contribution in [1.29, 1.82) is 0 Å². The van der Waals surface area contributed by atoms with Crippen LogP contribution in [0.3, 0.4) is 0 Å². The molecule has 2 aromatic rings. The molecular formula is C24H28N4O5. The maximum atomic E-state index is 12.7. The number of amides is 2. The minimum Gasteiger partial charge on any atom is -0.482 e. The Kier molecular flexibility index (Phi) is 6.88.